The molecule has 1 aromatic carbocycles. The summed E-state index contributed by atoms with van der Waals surface area (Å²) >= 11 is 0. The zero-order valence-corrected chi connectivity index (χ0v) is 17.4. The summed E-state index contributed by atoms with van der Waals surface area (Å²) in [6.45, 7) is 3.28. The first kappa shape index (κ1) is 18.5. The lowest BCUT2D eigenvalue weighted by molar-refractivity contribution is 0.309. The number of hydrogen-bond acceptors (Lipinski definition) is 1. The molecular weight excluding hydrogens is 423 g/mol. The molecule has 2 aliphatic rings. The van der Waals surface area contributed by atoms with Crippen LogP contribution in [0.2, 0.25) is 0 Å². The Morgan fingerprint density at radius 1 is 1.24 bits per heavy atom. The number of aromatic amines is 1. The van der Waals surface area contributed by atoms with Crippen molar-refractivity contribution in [2.75, 3.05) is 26.7 Å². The van der Waals surface area contributed by atoms with E-state index in [0.717, 1.165) is 25.5 Å². The standard InChI is InChI=1S/C20H28N4.HI/c1-21-19(24-13-11-20(15-24)9-4-5-10-20)22-12-8-16-14-23-18-7-3-2-6-17(16)18;/h2-3,6-7,14,23H,4-5,8-13,15H2,1H3,(H,21,22);1H. The van der Waals surface area contributed by atoms with Gasteiger partial charge in [-0.3, -0.25) is 4.99 Å². The maximum atomic E-state index is 4.53. The first-order valence-corrected chi connectivity index (χ1v) is 9.30. The fourth-order valence-corrected chi connectivity index (χ4v) is 4.63. The normalized spacial score (nSPS) is 19.6. The van der Waals surface area contributed by atoms with Crippen LogP contribution in [0.1, 0.15) is 37.7 Å². The molecule has 4 nitrogen and oxygen atoms in total. The van der Waals surface area contributed by atoms with Gasteiger partial charge in [0.05, 0.1) is 0 Å². The van der Waals surface area contributed by atoms with Gasteiger partial charge >= 0.3 is 0 Å². The van der Waals surface area contributed by atoms with Gasteiger partial charge in [0.1, 0.15) is 0 Å². The van der Waals surface area contributed by atoms with E-state index in [2.05, 4.69) is 50.7 Å². The minimum absolute atomic E-state index is 0. The van der Waals surface area contributed by atoms with E-state index < -0.39 is 0 Å². The quantitative estimate of drug-likeness (QED) is 0.417. The summed E-state index contributed by atoms with van der Waals surface area (Å²) in [5, 5.41) is 4.92. The van der Waals surface area contributed by atoms with Crippen molar-refractivity contribution in [2.24, 2.45) is 10.4 Å². The van der Waals surface area contributed by atoms with E-state index >= 15 is 0 Å². The number of nitrogens with one attached hydrogen (secondary N) is 2. The minimum Gasteiger partial charge on any atom is -0.361 e. The van der Waals surface area contributed by atoms with Crippen LogP contribution in [0.25, 0.3) is 10.9 Å². The van der Waals surface area contributed by atoms with Crippen molar-refractivity contribution in [3.63, 3.8) is 0 Å². The van der Waals surface area contributed by atoms with Crippen molar-refractivity contribution < 1.29 is 0 Å². The van der Waals surface area contributed by atoms with E-state index in [1.165, 1.54) is 55.1 Å². The van der Waals surface area contributed by atoms with E-state index in [1.54, 1.807) is 0 Å². The van der Waals surface area contributed by atoms with Crippen LogP contribution in [0, 0.1) is 5.41 Å². The molecule has 2 aromatic rings. The molecule has 0 amide bonds. The van der Waals surface area contributed by atoms with E-state index in [-0.39, 0.29) is 24.0 Å². The highest BCUT2D eigenvalue weighted by molar-refractivity contribution is 14.0. The largest absolute Gasteiger partial charge is 0.361 e. The van der Waals surface area contributed by atoms with Crippen molar-refractivity contribution in [2.45, 2.75) is 38.5 Å². The maximum Gasteiger partial charge on any atom is 0.193 e. The summed E-state index contributed by atoms with van der Waals surface area (Å²) in [6, 6.07) is 8.52. The second-order valence-corrected chi connectivity index (χ2v) is 7.46. The number of halogens is 1. The summed E-state index contributed by atoms with van der Waals surface area (Å²) in [6.07, 6.45) is 10.2. The Morgan fingerprint density at radius 3 is 2.84 bits per heavy atom. The molecule has 1 spiro atoms. The fraction of sp³-hybridized carbons (Fsp3) is 0.550. The van der Waals surface area contributed by atoms with Gasteiger partial charge in [-0.2, -0.15) is 0 Å². The van der Waals surface area contributed by atoms with Gasteiger partial charge in [0.2, 0.25) is 0 Å². The number of hydrogen-bond donors (Lipinski definition) is 2. The van der Waals surface area contributed by atoms with Crippen LogP contribution in [-0.4, -0.2) is 42.5 Å². The van der Waals surface area contributed by atoms with Crippen LogP contribution in [0.15, 0.2) is 35.5 Å². The predicted molar refractivity (Wildman–Crippen MR) is 116 cm³/mol. The molecule has 1 saturated carbocycles. The van der Waals surface area contributed by atoms with Crippen LogP contribution in [-0.2, 0) is 6.42 Å². The number of rotatable bonds is 3. The van der Waals surface area contributed by atoms with E-state index in [0.29, 0.717) is 5.41 Å². The number of likely N-dealkylation sites (tertiary alicyclic amines) is 1. The second-order valence-electron chi connectivity index (χ2n) is 7.46. The number of para-hydroxylation sites is 1. The SMILES string of the molecule is CN=C(NCCc1c[nH]c2ccccc12)N1CCC2(CCCC2)C1.I. The van der Waals surface area contributed by atoms with Gasteiger partial charge < -0.3 is 15.2 Å². The van der Waals surface area contributed by atoms with Crippen molar-refractivity contribution in [3.8, 4) is 0 Å². The first-order valence-electron chi connectivity index (χ1n) is 9.30. The first-order chi connectivity index (χ1) is 11.8. The monoisotopic (exact) mass is 452 g/mol. The van der Waals surface area contributed by atoms with Crippen LogP contribution in [0.3, 0.4) is 0 Å². The van der Waals surface area contributed by atoms with E-state index in [4.69, 9.17) is 0 Å². The molecule has 0 unspecified atom stereocenters. The van der Waals surface area contributed by atoms with Crippen molar-refractivity contribution in [1.29, 1.82) is 0 Å². The Morgan fingerprint density at radius 2 is 2.04 bits per heavy atom. The molecule has 1 aliphatic carbocycles. The van der Waals surface area contributed by atoms with Gasteiger partial charge in [-0.25, -0.2) is 0 Å². The number of benzene rings is 1. The van der Waals surface area contributed by atoms with Gasteiger partial charge in [0.25, 0.3) is 0 Å². The molecule has 136 valence electrons. The summed E-state index contributed by atoms with van der Waals surface area (Å²) in [5.41, 5.74) is 3.19. The highest BCUT2D eigenvalue weighted by Gasteiger charge is 2.40. The summed E-state index contributed by atoms with van der Waals surface area (Å²) in [7, 11) is 1.91. The third-order valence-corrected chi connectivity index (χ3v) is 5.97. The third-order valence-electron chi connectivity index (χ3n) is 5.97. The average molecular weight is 452 g/mol. The predicted octanol–water partition coefficient (Wildman–Crippen LogP) is 4.17. The molecule has 0 bridgehead atoms. The lowest BCUT2D eigenvalue weighted by Gasteiger charge is -2.25. The molecule has 0 radical (unpaired) electrons. The van der Waals surface area contributed by atoms with Gasteiger partial charge in [-0.15, -0.1) is 24.0 Å². The Bertz CT molecular complexity index is 730. The molecule has 25 heavy (non-hydrogen) atoms. The van der Waals surface area contributed by atoms with Crippen LogP contribution >= 0.6 is 24.0 Å². The fourth-order valence-electron chi connectivity index (χ4n) is 4.63. The van der Waals surface area contributed by atoms with E-state index in [9.17, 15) is 0 Å². The number of aromatic nitrogens is 1. The highest BCUT2D eigenvalue weighted by atomic mass is 127. The zero-order valence-electron chi connectivity index (χ0n) is 15.1. The molecule has 1 aromatic heterocycles. The summed E-state index contributed by atoms with van der Waals surface area (Å²) in [5.74, 6) is 1.08. The lowest BCUT2D eigenvalue weighted by Crippen LogP contribution is -2.41. The zero-order chi connectivity index (χ0) is 16.4. The van der Waals surface area contributed by atoms with Crippen molar-refractivity contribution in [1.82, 2.24) is 15.2 Å². The van der Waals surface area contributed by atoms with Crippen molar-refractivity contribution in [3.05, 3.63) is 36.0 Å². The van der Waals surface area contributed by atoms with E-state index in [1.807, 2.05) is 7.05 Å². The molecule has 2 heterocycles. The molecule has 0 atom stereocenters. The maximum absolute atomic E-state index is 4.53. The number of nitrogens with zero attached hydrogens (tertiary/aromatic N) is 2. The second kappa shape index (κ2) is 7.98. The Labute approximate surface area is 167 Å². The molecule has 2 N–H and O–H groups in total. The Balaban J connectivity index is 0.00000182. The lowest BCUT2D eigenvalue weighted by atomic mass is 9.86. The van der Waals surface area contributed by atoms with Gasteiger partial charge in [-0.05, 0) is 42.7 Å². The van der Waals surface area contributed by atoms with Gasteiger partial charge in [-0.1, -0.05) is 31.0 Å². The molecular formula is C20H29IN4. The third kappa shape index (κ3) is 3.81. The Hall–Kier alpha value is -1.24. The van der Waals surface area contributed by atoms with Crippen LogP contribution < -0.4 is 5.32 Å². The smallest absolute Gasteiger partial charge is 0.193 e. The van der Waals surface area contributed by atoms with Gasteiger partial charge in [0.15, 0.2) is 5.96 Å². The van der Waals surface area contributed by atoms with Crippen LogP contribution in [0.4, 0.5) is 0 Å². The average Bonchev–Trinajstić information content (AvgIpc) is 3.34. The number of H-pyrrole nitrogens is 1. The molecule has 4 rings (SSSR count). The summed E-state index contributed by atoms with van der Waals surface area (Å²) < 4.78 is 0. The van der Waals surface area contributed by atoms with Crippen LogP contribution in [0.5, 0.6) is 0 Å². The minimum atomic E-state index is 0. The molecule has 5 heteroatoms. The topological polar surface area (TPSA) is 43.4 Å². The van der Waals surface area contributed by atoms with Gasteiger partial charge in [0, 0.05) is 43.8 Å². The molecule has 2 fully saturated rings. The molecule has 1 aliphatic heterocycles. The molecule has 1 saturated heterocycles. The summed E-state index contributed by atoms with van der Waals surface area (Å²) in [4.78, 5) is 10.4. The Kier molecular flexibility index (Phi) is 5.92. The van der Waals surface area contributed by atoms with Crippen molar-refractivity contribution >= 4 is 40.8 Å². The number of fused-ring (bicyclic) bond motifs is 1. The number of aliphatic imine (C=N–C) groups is 1. The number of guanidine groups is 1. The highest BCUT2D eigenvalue weighted by Crippen LogP contribution is 2.45.